The van der Waals surface area contributed by atoms with E-state index in [1.54, 1.807) is 10.9 Å². The van der Waals surface area contributed by atoms with E-state index in [1.807, 2.05) is 25.4 Å². The number of hydrogen-bond acceptors (Lipinski definition) is 4. The van der Waals surface area contributed by atoms with Crippen LogP contribution < -0.4 is 4.74 Å². The standard InChI is InChI=1S/C26H26N4O/c1-19-4-6-20(7-5-19)26(14-3-15-26)21-8-10-23(11-9-21)31-18-22-12-16-27-25(28-22)24-13-17-30(2)29-24/h4-13,16-17H,3,14-15,18H2,1-2H3. The molecular formula is C26H26N4O. The van der Waals surface area contributed by atoms with Gasteiger partial charge in [0.15, 0.2) is 5.82 Å². The first-order valence-corrected chi connectivity index (χ1v) is 10.7. The molecule has 0 atom stereocenters. The Hall–Kier alpha value is -3.47. The monoisotopic (exact) mass is 410 g/mol. The summed E-state index contributed by atoms with van der Waals surface area (Å²) in [6.07, 6.45) is 7.31. The number of ether oxygens (including phenoxy) is 1. The molecule has 0 aliphatic heterocycles. The van der Waals surface area contributed by atoms with Crippen molar-refractivity contribution in [1.82, 2.24) is 19.7 Å². The van der Waals surface area contributed by atoms with Crippen LogP contribution in [0.2, 0.25) is 0 Å². The Kier molecular flexibility index (Phi) is 5.02. The van der Waals surface area contributed by atoms with E-state index in [9.17, 15) is 0 Å². The van der Waals surface area contributed by atoms with Gasteiger partial charge in [-0.05, 0) is 55.2 Å². The predicted octanol–water partition coefficient (Wildman–Crippen LogP) is 5.23. The second-order valence-electron chi connectivity index (χ2n) is 8.36. The normalized spacial score (nSPS) is 14.8. The molecule has 0 spiro atoms. The number of hydrogen-bond donors (Lipinski definition) is 0. The van der Waals surface area contributed by atoms with Gasteiger partial charge in [-0.15, -0.1) is 0 Å². The Balaban J connectivity index is 1.29. The molecule has 5 heteroatoms. The lowest BCUT2D eigenvalue weighted by molar-refractivity contribution is 0.294. The van der Waals surface area contributed by atoms with Crippen LogP contribution in [0.15, 0.2) is 73.1 Å². The van der Waals surface area contributed by atoms with Crippen molar-refractivity contribution in [2.24, 2.45) is 7.05 Å². The second-order valence-corrected chi connectivity index (χ2v) is 8.36. The lowest BCUT2D eigenvalue weighted by Crippen LogP contribution is -2.35. The maximum atomic E-state index is 6.01. The van der Waals surface area contributed by atoms with Crippen molar-refractivity contribution in [2.45, 2.75) is 38.2 Å². The third-order valence-corrected chi connectivity index (χ3v) is 6.26. The third kappa shape index (κ3) is 3.83. The summed E-state index contributed by atoms with van der Waals surface area (Å²) in [5.41, 5.74) is 5.83. The van der Waals surface area contributed by atoms with E-state index in [2.05, 4.69) is 70.5 Å². The SMILES string of the molecule is Cc1ccc(C2(c3ccc(OCc4ccnc(-c5ccn(C)n5)n4)cc3)CCC2)cc1. The van der Waals surface area contributed by atoms with Crippen LogP contribution in [0, 0.1) is 6.92 Å². The van der Waals surface area contributed by atoms with Crippen LogP contribution in [0.1, 0.15) is 41.6 Å². The topological polar surface area (TPSA) is 52.8 Å². The molecule has 2 aromatic heterocycles. The summed E-state index contributed by atoms with van der Waals surface area (Å²) in [4.78, 5) is 8.91. The van der Waals surface area contributed by atoms with Crippen LogP contribution in [0.25, 0.3) is 11.5 Å². The molecule has 4 aromatic rings. The number of rotatable bonds is 6. The lowest BCUT2D eigenvalue weighted by Gasteiger charge is -2.43. The highest BCUT2D eigenvalue weighted by molar-refractivity contribution is 5.48. The molecule has 0 N–H and O–H groups in total. The lowest BCUT2D eigenvalue weighted by atomic mass is 9.60. The van der Waals surface area contributed by atoms with Crippen molar-refractivity contribution >= 4 is 0 Å². The number of aromatic nitrogens is 4. The van der Waals surface area contributed by atoms with Gasteiger partial charge in [-0.25, -0.2) is 9.97 Å². The Morgan fingerprint density at radius 3 is 2.26 bits per heavy atom. The largest absolute Gasteiger partial charge is 0.487 e. The van der Waals surface area contributed by atoms with Gasteiger partial charge >= 0.3 is 0 Å². The minimum atomic E-state index is 0.149. The van der Waals surface area contributed by atoms with Crippen molar-refractivity contribution in [3.8, 4) is 17.3 Å². The zero-order valence-corrected chi connectivity index (χ0v) is 18.0. The van der Waals surface area contributed by atoms with Crippen LogP contribution >= 0.6 is 0 Å². The summed E-state index contributed by atoms with van der Waals surface area (Å²) in [6.45, 7) is 2.53. The van der Waals surface area contributed by atoms with Gasteiger partial charge in [0.2, 0.25) is 0 Å². The van der Waals surface area contributed by atoms with Gasteiger partial charge in [0, 0.05) is 24.9 Å². The fraction of sp³-hybridized carbons (Fsp3) is 0.269. The van der Waals surface area contributed by atoms with Crippen molar-refractivity contribution in [3.05, 3.63) is 95.4 Å². The van der Waals surface area contributed by atoms with Crippen LogP contribution in [0.4, 0.5) is 0 Å². The van der Waals surface area contributed by atoms with Crippen LogP contribution in [0.3, 0.4) is 0 Å². The van der Waals surface area contributed by atoms with E-state index in [0.717, 1.165) is 17.1 Å². The molecule has 2 heterocycles. The minimum Gasteiger partial charge on any atom is -0.487 e. The Morgan fingerprint density at radius 2 is 1.65 bits per heavy atom. The molecule has 1 saturated carbocycles. The third-order valence-electron chi connectivity index (χ3n) is 6.26. The summed E-state index contributed by atoms with van der Waals surface area (Å²) in [5.74, 6) is 1.46. The molecule has 5 nitrogen and oxygen atoms in total. The quantitative estimate of drug-likeness (QED) is 0.436. The van der Waals surface area contributed by atoms with Gasteiger partial charge in [-0.3, -0.25) is 4.68 Å². The molecule has 0 unspecified atom stereocenters. The molecule has 0 bridgehead atoms. The Morgan fingerprint density at radius 1 is 0.935 bits per heavy atom. The summed E-state index contributed by atoms with van der Waals surface area (Å²) in [7, 11) is 1.88. The first-order chi connectivity index (χ1) is 15.1. The van der Waals surface area contributed by atoms with E-state index in [-0.39, 0.29) is 5.41 Å². The first kappa shape index (κ1) is 19.5. The molecule has 1 aliphatic carbocycles. The van der Waals surface area contributed by atoms with Crippen molar-refractivity contribution in [3.63, 3.8) is 0 Å². The van der Waals surface area contributed by atoms with Gasteiger partial charge in [0.05, 0.1) is 5.69 Å². The van der Waals surface area contributed by atoms with Gasteiger partial charge in [0.25, 0.3) is 0 Å². The number of benzene rings is 2. The number of nitrogens with zero attached hydrogens (tertiary/aromatic N) is 4. The second kappa shape index (κ2) is 7.99. The maximum absolute atomic E-state index is 6.01. The molecule has 1 aliphatic rings. The van der Waals surface area contributed by atoms with E-state index in [4.69, 9.17) is 4.74 Å². The fourth-order valence-corrected chi connectivity index (χ4v) is 4.31. The summed E-state index contributed by atoms with van der Waals surface area (Å²) >= 11 is 0. The minimum absolute atomic E-state index is 0.149. The van der Waals surface area contributed by atoms with E-state index >= 15 is 0 Å². The summed E-state index contributed by atoms with van der Waals surface area (Å²) in [5, 5.41) is 4.37. The molecule has 0 saturated heterocycles. The summed E-state index contributed by atoms with van der Waals surface area (Å²) < 4.78 is 7.76. The Labute approximate surface area is 182 Å². The molecule has 0 amide bonds. The highest BCUT2D eigenvalue weighted by Gasteiger charge is 2.40. The van der Waals surface area contributed by atoms with Crippen LogP contribution in [0.5, 0.6) is 5.75 Å². The average Bonchev–Trinajstić information content (AvgIpc) is 3.20. The zero-order valence-electron chi connectivity index (χ0n) is 18.0. The maximum Gasteiger partial charge on any atom is 0.180 e. The predicted molar refractivity (Wildman–Crippen MR) is 121 cm³/mol. The van der Waals surface area contributed by atoms with E-state index in [1.165, 1.54) is 36.0 Å². The highest BCUT2D eigenvalue weighted by atomic mass is 16.5. The Bertz CT molecular complexity index is 1170. The van der Waals surface area contributed by atoms with E-state index < -0.39 is 0 Å². The van der Waals surface area contributed by atoms with Gasteiger partial charge in [0.1, 0.15) is 18.1 Å². The molecule has 1 fully saturated rings. The van der Waals surface area contributed by atoms with E-state index in [0.29, 0.717) is 12.4 Å². The van der Waals surface area contributed by atoms with Crippen LogP contribution in [-0.2, 0) is 19.1 Å². The zero-order chi connectivity index (χ0) is 21.3. The molecule has 5 rings (SSSR count). The molecule has 156 valence electrons. The first-order valence-electron chi connectivity index (χ1n) is 10.7. The highest BCUT2D eigenvalue weighted by Crippen LogP contribution is 2.49. The molecule has 0 radical (unpaired) electrons. The van der Waals surface area contributed by atoms with Gasteiger partial charge < -0.3 is 4.74 Å². The van der Waals surface area contributed by atoms with Crippen LogP contribution in [-0.4, -0.2) is 19.7 Å². The fourth-order valence-electron chi connectivity index (χ4n) is 4.31. The van der Waals surface area contributed by atoms with Crippen molar-refractivity contribution in [1.29, 1.82) is 0 Å². The molecule has 2 aromatic carbocycles. The average molecular weight is 411 g/mol. The molecule has 31 heavy (non-hydrogen) atoms. The van der Waals surface area contributed by atoms with Crippen molar-refractivity contribution < 1.29 is 4.74 Å². The molecular weight excluding hydrogens is 384 g/mol. The summed E-state index contributed by atoms with van der Waals surface area (Å²) in [6, 6.07) is 21.4. The van der Waals surface area contributed by atoms with Gasteiger partial charge in [-0.1, -0.05) is 48.4 Å². The number of aryl methyl sites for hydroxylation is 2. The van der Waals surface area contributed by atoms with Gasteiger partial charge in [-0.2, -0.15) is 5.10 Å². The smallest absolute Gasteiger partial charge is 0.180 e. The van der Waals surface area contributed by atoms with Crippen molar-refractivity contribution in [2.75, 3.05) is 0 Å².